The van der Waals surface area contributed by atoms with E-state index in [4.69, 9.17) is 16.1 Å². The van der Waals surface area contributed by atoms with Crippen molar-refractivity contribution in [3.63, 3.8) is 0 Å². The molecule has 24 heavy (non-hydrogen) atoms. The molecule has 2 heterocycles. The molecule has 0 saturated carbocycles. The third-order valence-corrected chi connectivity index (χ3v) is 4.12. The summed E-state index contributed by atoms with van der Waals surface area (Å²) in [5, 5.41) is 7.14. The van der Waals surface area contributed by atoms with E-state index >= 15 is 0 Å². The first-order valence-corrected chi connectivity index (χ1v) is 8.56. The summed E-state index contributed by atoms with van der Waals surface area (Å²) >= 11 is 8.25. The molecule has 0 fully saturated rings. The number of hydrogen-bond donors (Lipinski definition) is 1. The van der Waals surface area contributed by atoms with Crippen molar-refractivity contribution in [3.8, 4) is 11.5 Å². The van der Waals surface area contributed by atoms with Gasteiger partial charge in [0.1, 0.15) is 5.69 Å². The number of nitrogens with one attached hydrogen (secondary N) is 1. The molecule has 122 valence electrons. The molecule has 0 spiro atoms. The Morgan fingerprint density at radius 2 is 2.17 bits per heavy atom. The van der Waals surface area contributed by atoms with Crippen molar-refractivity contribution in [1.29, 1.82) is 0 Å². The molecule has 6 nitrogen and oxygen atoms in total. The Bertz CT molecular complexity index is 854. The van der Waals surface area contributed by atoms with Gasteiger partial charge >= 0.3 is 0 Å². The van der Waals surface area contributed by atoms with Crippen LogP contribution in [0.25, 0.3) is 11.5 Å². The van der Waals surface area contributed by atoms with Gasteiger partial charge in [0.05, 0.1) is 10.7 Å². The Balaban J connectivity index is 1.58. The van der Waals surface area contributed by atoms with E-state index < -0.39 is 0 Å². The van der Waals surface area contributed by atoms with E-state index in [-0.39, 0.29) is 12.3 Å². The number of rotatable bonds is 5. The lowest BCUT2D eigenvalue weighted by Gasteiger charge is -2.06. The summed E-state index contributed by atoms with van der Waals surface area (Å²) in [4.78, 5) is 20.4. The van der Waals surface area contributed by atoms with Gasteiger partial charge in [-0.05, 0) is 52.9 Å². The molecule has 0 aliphatic carbocycles. The molecule has 8 heteroatoms. The largest absolute Gasteiger partial charge is 0.339 e. The van der Waals surface area contributed by atoms with Gasteiger partial charge in [-0.3, -0.25) is 9.78 Å². The first-order chi connectivity index (χ1) is 11.6. The van der Waals surface area contributed by atoms with Crippen molar-refractivity contribution in [2.75, 3.05) is 5.32 Å². The average molecular weight is 455 g/mol. The summed E-state index contributed by atoms with van der Waals surface area (Å²) in [7, 11) is 0. The lowest BCUT2D eigenvalue weighted by Crippen LogP contribution is -2.12. The Morgan fingerprint density at radius 1 is 1.29 bits per heavy atom. The molecule has 1 N–H and O–H groups in total. The summed E-state index contributed by atoms with van der Waals surface area (Å²) in [6.07, 6.45) is 2.21. The van der Waals surface area contributed by atoms with Gasteiger partial charge in [-0.2, -0.15) is 4.98 Å². The van der Waals surface area contributed by atoms with E-state index in [1.165, 1.54) is 0 Å². The van der Waals surface area contributed by atoms with Crippen molar-refractivity contribution < 1.29 is 9.32 Å². The molecule has 3 rings (SSSR count). The number of hydrogen-bond acceptors (Lipinski definition) is 5. The van der Waals surface area contributed by atoms with Gasteiger partial charge in [0, 0.05) is 22.6 Å². The molecule has 0 atom stereocenters. The molecule has 2 aromatic heterocycles. The number of nitrogens with zero attached hydrogens (tertiary/aromatic N) is 3. The highest BCUT2D eigenvalue weighted by Gasteiger charge is 2.12. The minimum Gasteiger partial charge on any atom is -0.339 e. The minimum atomic E-state index is -0.171. The highest BCUT2D eigenvalue weighted by Crippen LogP contribution is 2.24. The normalized spacial score (nSPS) is 10.6. The van der Waals surface area contributed by atoms with Gasteiger partial charge < -0.3 is 9.84 Å². The number of halogens is 2. The molecule has 0 bridgehead atoms. The third-order valence-electron chi connectivity index (χ3n) is 3.13. The lowest BCUT2D eigenvalue weighted by atomic mass is 10.2. The number of anilines is 1. The van der Waals surface area contributed by atoms with Crippen molar-refractivity contribution in [1.82, 2.24) is 15.1 Å². The first-order valence-electron chi connectivity index (χ1n) is 7.11. The van der Waals surface area contributed by atoms with Gasteiger partial charge in [0.25, 0.3) is 0 Å². The van der Waals surface area contributed by atoms with E-state index in [2.05, 4.69) is 43.0 Å². The summed E-state index contributed by atoms with van der Waals surface area (Å²) in [6, 6.07) is 10.9. The fourth-order valence-electron chi connectivity index (χ4n) is 1.98. The lowest BCUT2D eigenvalue weighted by molar-refractivity contribution is -0.116. The zero-order valence-electron chi connectivity index (χ0n) is 12.4. The van der Waals surface area contributed by atoms with Crippen LogP contribution in [0.15, 0.2) is 47.1 Å². The van der Waals surface area contributed by atoms with Gasteiger partial charge in [0.15, 0.2) is 0 Å². The SMILES string of the molecule is O=C(CCc1nc(-c2ccccn2)no1)Nc1ccc(I)cc1Cl. The van der Waals surface area contributed by atoms with Crippen LogP contribution < -0.4 is 5.32 Å². The van der Waals surface area contributed by atoms with Crippen LogP contribution in [0.5, 0.6) is 0 Å². The van der Waals surface area contributed by atoms with E-state index in [0.29, 0.717) is 34.5 Å². The number of pyridine rings is 1. The average Bonchev–Trinajstić information content (AvgIpc) is 3.05. The molecule has 0 radical (unpaired) electrons. The maximum Gasteiger partial charge on any atom is 0.227 e. The molecular weight excluding hydrogens is 443 g/mol. The number of aromatic nitrogens is 3. The summed E-state index contributed by atoms with van der Waals surface area (Å²) in [5.74, 6) is 0.627. The van der Waals surface area contributed by atoms with Gasteiger partial charge in [-0.1, -0.05) is 22.8 Å². The minimum absolute atomic E-state index is 0.171. The number of benzene rings is 1. The molecule has 3 aromatic rings. The maximum absolute atomic E-state index is 12.0. The number of aryl methyl sites for hydroxylation is 1. The second-order valence-electron chi connectivity index (χ2n) is 4.90. The van der Waals surface area contributed by atoms with Crippen LogP contribution in [0.2, 0.25) is 5.02 Å². The number of carbonyl (C=O) groups excluding carboxylic acids is 1. The van der Waals surface area contributed by atoms with E-state index in [9.17, 15) is 4.79 Å². The van der Waals surface area contributed by atoms with Crippen molar-refractivity contribution in [2.24, 2.45) is 0 Å². The Kier molecular flexibility index (Phi) is 5.41. The topological polar surface area (TPSA) is 80.9 Å². The van der Waals surface area contributed by atoms with Crippen LogP contribution in [0, 0.1) is 3.57 Å². The summed E-state index contributed by atoms with van der Waals surface area (Å²) in [5.41, 5.74) is 1.21. The molecular formula is C16H12ClIN4O2. The van der Waals surface area contributed by atoms with Gasteiger partial charge in [-0.25, -0.2) is 0 Å². The van der Waals surface area contributed by atoms with Gasteiger partial charge in [0.2, 0.25) is 17.6 Å². The molecule has 0 aliphatic rings. The highest BCUT2D eigenvalue weighted by molar-refractivity contribution is 14.1. The molecule has 0 aliphatic heterocycles. The summed E-state index contributed by atoms with van der Waals surface area (Å²) < 4.78 is 6.15. The van der Waals surface area contributed by atoms with Crippen LogP contribution in [-0.2, 0) is 11.2 Å². The predicted molar refractivity (Wildman–Crippen MR) is 98.6 cm³/mol. The summed E-state index contributed by atoms with van der Waals surface area (Å²) in [6.45, 7) is 0. The molecule has 1 amide bonds. The zero-order chi connectivity index (χ0) is 16.9. The van der Waals surface area contributed by atoms with Crippen LogP contribution in [0.3, 0.4) is 0 Å². The zero-order valence-corrected chi connectivity index (χ0v) is 15.3. The third kappa shape index (κ3) is 4.30. The quantitative estimate of drug-likeness (QED) is 0.590. The molecule has 1 aromatic carbocycles. The fraction of sp³-hybridized carbons (Fsp3) is 0.125. The van der Waals surface area contributed by atoms with Crippen molar-refractivity contribution >= 4 is 45.8 Å². The van der Waals surface area contributed by atoms with Crippen LogP contribution in [0.1, 0.15) is 12.3 Å². The first kappa shape index (κ1) is 16.8. The van der Waals surface area contributed by atoms with Crippen LogP contribution in [-0.4, -0.2) is 21.0 Å². The fourth-order valence-corrected chi connectivity index (χ4v) is 2.88. The predicted octanol–water partition coefficient (Wildman–Crippen LogP) is 3.96. The van der Waals surface area contributed by atoms with Crippen molar-refractivity contribution in [3.05, 3.63) is 57.1 Å². The van der Waals surface area contributed by atoms with Crippen molar-refractivity contribution in [2.45, 2.75) is 12.8 Å². The highest BCUT2D eigenvalue weighted by atomic mass is 127. The Morgan fingerprint density at radius 3 is 2.92 bits per heavy atom. The Hall–Kier alpha value is -2.00. The molecule has 0 saturated heterocycles. The maximum atomic E-state index is 12.0. The standard InChI is InChI=1S/C16H12ClIN4O2/c17-11-9-10(18)4-5-12(11)20-14(23)6-7-15-21-16(22-24-15)13-3-1-2-8-19-13/h1-5,8-9H,6-7H2,(H,20,23). The second-order valence-corrected chi connectivity index (χ2v) is 6.55. The van der Waals surface area contributed by atoms with E-state index in [1.54, 1.807) is 24.4 Å². The number of amides is 1. The number of carbonyl (C=O) groups is 1. The van der Waals surface area contributed by atoms with E-state index in [1.807, 2.05) is 18.2 Å². The Labute approximate surface area is 156 Å². The smallest absolute Gasteiger partial charge is 0.227 e. The second kappa shape index (κ2) is 7.71. The van der Waals surface area contributed by atoms with Gasteiger partial charge in [-0.15, -0.1) is 0 Å². The van der Waals surface area contributed by atoms with E-state index in [0.717, 1.165) is 3.57 Å². The molecule has 0 unspecified atom stereocenters. The van der Waals surface area contributed by atoms with Crippen LogP contribution >= 0.6 is 34.2 Å². The van der Waals surface area contributed by atoms with Crippen LogP contribution in [0.4, 0.5) is 5.69 Å². The monoisotopic (exact) mass is 454 g/mol.